The first-order valence-corrected chi connectivity index (χ1v) is 10.0. The normalized spacial score (nSPS) is 14.4. The zero-order valence-corrected chi connectivity index (χ0v) is 16.6. The molecule has 2 aromatic carbocycles. The van der Waals surface area contributed by atoms with E-state index in [-0.39, 0.29) is 17.4 Å². The first-order valence-electron chi connectivity index (χ1n) is 10.0. The third-order valence-corrected chi connectivity index (χ3v) is 5.24. The molecule has 4 rings (SSSR count). The van der Waals surface area contributed by atoms with Crippen LogP contribution >= 0.6 is 0 Å². The molecular formula is C23H23FN4O2. The van der Waals surface area contributed by atoms with E-state index in [2.05, 4.69) is 5.10 Å². The molecule has 0 saturated carbocycles. The lowest BCUT2D eigenvalue weighted by molar-refractivity contribution is 0.0716. The summed E-state index contributed by atoms with van der Waals surface area (Å²) in [6.45, 7) is 2.41. The Hall–Kier alpha value is -3.48. The van der Waals surface area contributed by atoms with Crippen molar-refractivity contribution >= 4 is 11.8 Å². The van der Waals surface area contributed by atoms with Gasteiger partial charge in [0.2, 0.25) is 0 Å². The van der Waals surface area contributed by atoms with E-state index in [1.807, 2.05) is 30.3 Å². The van der Waals surface area contributed by atoms with Gasteiger partial charge in [0.15, 0.2) is 0 Å². The Morgan fingerprint density at radius 1 is 0.867 bits per heavy atom. The van der Waals surface area contributed by atoms with Crippen molar-refractivity contribution in [2.45, 2.75) is 13.0 Å². The minimum atomic E-state index is -0.523. The van der Waals surface area contributed by atoms with Crippen molar-refractivity contribution in [1.29, 1.82) is 0 Å². The predicted octanol–water partition coefficient (Wildman–Crippen LogP) is 3.06. The minimum absolute atomic E-state index is 0.0689. The zero-order valence-electron chi connectivity index (χ0n) is 16.6. The molecule has 1 aromatic heterocycles. The lowest BCUT2D eigenvalue weighted by Gasteiger charge is -2.22. The summed E-state index contributed by atoms with van der Waals surface area (Å²) in [6, 6.07) is 15.9. The maximum Gasteiger partial charge on any atom is 0.257 e. The number of carbonyl (C=O) groups is 2. The molecule has 0 N–H and O–H groups in total. The quantitative estimate of drug-likeness (QED) is 0.669. The third-order valence-electron chi connectivity index (χ3n) is 5.24. The van der Waals surface area contributed by atoms with Crippen molar-refractivity contribution in [3.05, 3.63) is 89.5 Å². The van der Waals surface area contributed by atoms with Crippen molar-refractivity contribution in [2.24, 2.45) is 0 Å². The minimum Gasteiger partial charge on any atom is -0.337 e. The van der Waals surface area contributed by atoms with E-state index < -0.39 is 5.82 Å². The lowest BCUT2D eigenvalue weighted by Crippen LogP contribution is -2.37. The van der Waals surface area contributed by atoms with Crippen molar-refractivity contribution in [2.75, 3.05) is 26.2 Å². The van der Waals surface area contributed by atoms with Gasteiger partial charge in [-0.15, -0.1) is 0 Å². The summed E-state index contributed by atoms with van der Waals surface area (Å²) < 4.78 is 15.7. The number of benzene rings is 2. The number of hydrogen-bond donors (Lipinski definition) is 0. The van der Waals surface area contributed by atoms with Crippen LogP contribution in [0.1, 0.15) is 32.7 Å². The molecule has 6 nitrogen and oxygen atoms in total. The van der Waals surface area contributed by atoms with Gasteiger partial charge >= 0.3 is 0 Å². The molecule has 1 saturated heterocycles. The van der Waals surface area contributed by atoms with Crippen LogP contribution in [-0.4, -0.2) is 57.6 Å². The van der Waals surface area contributed by atoms with Gasteiger partial charge < -0.3 is 9.80 Å². The van der Waals surface area contributed by atoms with Crippen LogP contribution in [0.4, 0.5) is 4.39 Å². The Morgan fingerprint density at radius 2 is 1.53 bits per heavy atom. The highest BCUT2D eigenvalue weighted by Crippen LogP contribution is 2.14. The van der Waals surface area contributed by atoms with Crippen LogP contribution in [-0.2, 0) is 6.54 Å². The second-order valence-electron chi connectivity index (χ2n) is 7.33. The van der Waals surface area contributed by atoms with Crippen molar-refractivity contribution in [3.8, 4) is 0 Å². The number of halogens is 1. The van der Waals surface area contributed by atoms with Gasteiger partial charge in [0.05, 0.1) is 23.9 Å². The second kappa shape index (κ2) is 8.90. The number of nitrogens with zero attached hydrogens (tertiary/aromatic N) is 4. The van der Waals surface area contributed by atoms with E-state index in [0.29, 0.717) is 44.7 Å². The molecule has 1 fully saturated rings. The molecule has 0 unspecified atom stereocenters. The highest BCUT2D eigenvalue weighted by atomic mass is 19.1. The molecule has 0 bridgehead atoms. The Kier molecular flexibility index (Phi) is 5.88. The lowest BCUT2D eigenvalue weighted by atomic mass is 10.2. The van der Waals surface area contributed by atoms with Gasteiger partial charge in [-0.25, -0.2) is 4.39 Å². The van der Waals surface area contributed by atoms with E-state index in [9.17, 15) is 14.0 Å². The second-order valence-corrected chi connectivity index (χ2v) is 7.33. The summed E-state index contributed by atoms with van der Waals surface area (Å²) in [5, 5.41) is 4.31. The zero-order chi connectivity index (χ0) is 20.9. The van der Waals surface area contributed by atoms with Gasteiger partial charge in [0.1, 0.15) is 5.82 Å². The van der Waals surface area contributed by atoms with E-state index in [4.69, 9.17) is 0 Å². The molecule has 30 heavy (non-hydrogen) atoms. The highest BCUT2D eigenvalue weighted by molar-refractivity contribution is 5.95. The molecule has 0 radical (unpaired) electrons. The first-order chi connectivity index (χ1) is 14.6. The molecule has 0 spiro atoms. The number of amides is 2. The summed E-state index contributed by atoms with van der Waals surface area (Å²) >= 11 is 0. The summed E-state index contributed by atoms with van der Waals surface area (Å²) in [5.41, 5.74) is 1.70. The smallest absolute Gasteiger partial charge is 0.257 e. The number of aromatic nitrogens is 2. The van der Waals surface area contributed by atoms with E-state index in [0.717, 1.165) is 5.56 Å². The predicted molar refractivity (Wildman–Crippen MR) is 111 cm³/mol. The van der Waals surface area contributed by atoms with E-state index in [1.54, 1.807) is 39.0 Å². The van der Waals surface area contributed by atoms with Crippen LogP contribution in [0.3, 0.4) is 0 Å². The summed E-state index contributed by atoms with van der Waals surface area (Å²) in [6.07, 6.45) is 3.98. The number of hydrogen-bond acceptors (Lipinski definition) is 3. The molecule has 1 aliphatic heterocycles. The third kappa shape index (κ3) is 4.40. The standard InChI is InChI=1S/C23H23FN4O2/c24-21-10-5-4-9-20(21)23(30)27-12-6-11-26(13-14-27)22(29)19-15-25-28(17-19)16-18-7-2-1-3-8-18/h1-5,7-10,15,17H,6,11-14,16H2. The van der Waals surface area contributed by atoms with Gasteiger partial charge in [0.25, 0.3) is 11.8 Å². The summed E-state index contributed by atoms with van der Waals surface area (Å²) in [4.78, 5) is 28.9. The molecule has 0 atom stereocenters. The van der Waals surface area contributed by atoms with E-state index in [1.165, 1.54) is 12.1 Å². The average Bonchev–Trinajstić information content (AvgIpc) is 3.09. The van der Waals surface area contributed by atoms with Crippen LogP contribution in [0.2, 0.25) is 0 Å². The maximum atomic E-state index is 14.0. The summed E-state index contributed by atoms with van der Waals surface area (Å²) in [5.74, 6) is -0.960. The molecule has 7 heteroatoms. The Bertz CT molecular complexity index is 1030. The summed E-state index contributed by atoms with van der Waals surface area (Å²) in [7, 11) is 0. The molecule has 3 aromatic rings. The molecule has 0 aliphatic carbocycles. The van der Waals surface area contributed by atoms with Crippen LogP contribution in [0, 0.1) is 5.82 Å². The van der Waals surface area contributed by atoms with Crippen molar-refractivity contribution < 1.29 is 14.0 Å². The van der Waals surface area contributed by atoms with Gasteiger partial charge in [-0.1, -0.05) is 42.5 Å². The fraction of sp³-hybridized carbons (Fsp3) is 0.261. The van der Waals surface area contributed by atoms with Gasteiger partial charge in [-0.05, 0) is 24.1 Å². The Labute approximate surface area is 174 Å². The topological polar surface area (TPSA) is 58.4 Å². The van der Waals surface area contributed by atoms with Gasteiger partial charge in [-0.3, -0.25) is 14.3 Å². The largest absolute Gasteiger partial charge is 0.337 e. The van der Waals surface area contributed by atoms with Gasteiger partial charge in [0, 0.05) is 32.4 Å². The Balaban J connectivity index is 1.39. The molecular weight excluding hydrogens is 383 g/mol. The highest BCUT2D eigenvalue weighted by Gasteiger charge is 2.25. The maximum absolute atomic E-state index is 14.0. The number of rotatable bonds is 4. The van der Waals surface area contributed by atoms with Crippen LogP contribution in [0.25, 0.3) is 0 Å². The van der Waals surface area contributed by atoms with Crippen LogP contribution in [0.15, 0.2) is 67.0 Å². The fourth-order valence-electron chi connectivity index (χ4n) is 3.64. The molecule has 154 valence electrons. The van der Waals surface area contributed by atoms with Crippen molar-refractivity contribution in [1.82, 2.24) is 19.6 Å². The van der Waals surface area contributed by atoms with Gasteiger partial charge in [-0.2, -0.15) is 5.10 Å². The Morgan fingerprint density at radius 3 is 2.27 bits per heavy atom. The molecule has 2 heterocycles. The molecule has 1 aliphatic rings. The SMILES string of the molecule is O=C(c1cnn(Cc2ccccc2)c1)N1CCCN(C(=O)c2ccccc2F)CC1. The van der Waals surface area contributed by atoms with Crippen LogP contribution < -0.4 is 0 Å². The first kappa shape index (κ1) is 19.8. The molecule has 2 amide bonds. The monoisotopic (exact) mass is 406 g/mol. The fourth-order valence-corrected chi connectivity index (χ4v) is 3.64. The number of carbonyl (C=O) groups excluding carboxylic acids is 2. The van der Waals surface area contributed by atoms with Crippen molar-refractivity contribution in [3.63, 3.8) is 0 Å². The van der Waals surface area contributed by atoms with E-state index >= 15 is 0 Å². The van der Waals surface area contributed by atoms with Crippen LogP contribution in [0.5, 0.6) is 0 Å². The average molecular weight is 406 g/mol.